The Hall–Kier alpha value is -4.00. The number of esters is 1. The van der Waals surface area contributed by atoms with Crippen molar-refractivity contribution in [2.24, 2.45) is 4.99 Å². The minimum absolute atomic E-state index is 0.0763. The second-order valence-electron chi connectivity index (χ2n) is 9.52. The third-order valence-electron chi connectivity index (χ3n) is 6.43. The van der Waals surface area contributed by atoms with E-state index >= 15 is 0 Å². The molecule has 0 bridgehead atoms. The first kappa shape index (κ1) is 28.5. The second kappa shape index (κ2) is 11.9. The van der Waals surface area contributed by atoms with Gasteiger partial charge >= 0.3 is 5.97 Å². The number of rotatable bonds is 9. The summed E-state index contributed by atoms with van der Waals surface area (Å²) in [5.41, 5.74) is 1.73. The predicted molar refractivity (Wildman–Crippen MR) is 153 cm³/mol. The van der Waals surface area contributed by atoms with Crippen molar-refractivity contribution in [3.8, 4) is 11.5 Å². The predicted octanol–water partition coefficient (Wildman–Crippen LogP) is 4.34. The fraction of sp³-hybridized carbons (Fsp3) is 0.276. The van der Waals surface area contributed by atoms with Crippen molar-refractivity contribution in [3.63, 3.8) is 0 Å². The molecule has 1 amide bonds. The SMILES string of the molecule is CCOC(=O)Cn1c(=NC(=O)c2ccc(S(=O)(=O)N(Cc3ccccc3)C(C)C)cc2)sc2cc3c(cc21)OCO3. The molecule has 0 saturated heterocycles. The van der Waals surface area contributed by atoms with Crippen LogP contribution in [0.2, 0.25) is 0 Å². The lowest BCUT2D eigenvalue weighted by atomic mass is 10.2. The summed E-state index contributed by atoms with van der Waals surface area (Å²) >= 11 is 1.22. The van der Waals surface area contributed by atoms with Crippen molar-refractivity contribution in [2.75, 3.05) is 13.4 Å². The van der Waals surface area contributed by atoms with E-state index < -0.39 is 21.9 Å². The fourth-order valence-corrected chi connectivity index (χ4v) is 7.06. The van der Waals surface area contributed by atoms with Crippen LogP contribution >= 0.6 is 11.3 Å². The molecule has 0 radical (unpaired) electrons. The molecular weight excluding hydrogens is 566 g/mol. The Bertz CT molecular complexity index is 1760. The molecule has 10 nitrogen and oxygen atoms in total. The van der Waals surface area contributed by atoms with Gasteiger partial charge in [-0.05, 0) is 50.6 Å². The number of fused-ring (bicyclic) bond motifs is 2. The van der Waals surface area contributed by atoms with E-state index in [0.29, 0.717) is 17.0 Å². The first-order valence-electron chi connectivity index (χ1n) is 13.0. The van der Waals surface area contributed by atoms with Crippen LogP contribution in [-0.4, -0.2) is 48.6 Å². The summed E-state index contributed by atoms with van der Waals surface area (Å²) in [5.74, 6) is 0.0476. The fourth-order valence-electron chi connectivity index (χ4n) is 4.40. The van der Waals surface area contributed by atoms with Gasteiger partial charge in [0.25, 0.3) is 5.91 Å². The molecule has 214 valence electrons. The lowest BCUT2D eigenvalue weighted by molar-refractivity contribution is -0.143. The molecular formula is C29H29N3O7S2. The van der Waals surface area contributed by atoms with E-state index in [1.807, 2.05) is 44.2 Å². The van der Waals surface area contributed by atoms with Crippen LogP contribution < -0.4 is 14.3 Å². The molecule has 5 rings (SSSR count). The van der Waals surface area contributed by atoms with Crippen molar-refractivity contribution in [2.45, 2.75) is 44.8 Å². The van der Waals surface area contributed by atoms with Crippen LogP contribution in [-0.2, 0) is 32.6 Å². The maximum atomic E-state index is 13.5. The molecule has 0 fully saturated rings. The van der Waals surface area contributed by atoms with Gasteiger partial charge in [-0.15, -0.1) is 0 Å². The van der Waals surface area contributed by atoms with Crippen LogP contribution in [0, 0.1) is 0 Å². The number of carbonyl (C=O) groups excluding carboxylic acids is 2. The van der Waals surface area contributed by atoms with E-state index in [-0.39, 0.29) is 47.8 Å². The summed E-state index contributed by atoms with van der Waals surface area (Å²) in [6, 6.07) is 18.3. The Morgan fingerprint density at radius 2 is 1.73 bits per heavy atom. The van der Waals surface area contributed by atoms with Crippen molar-refractivity contribution in [1.82, 2.24) is 8.87 Å². The molecule has 0 aliphatic carbocycles. The molecule has 4 aromatic rings. The first-order valence-corrected chi connectivity index (χ1v) is 15.3. The highest BCUT2D eigenvalue weighted by Gasteiger charge is 2.27. The number of hydrogen-bond donors (Lipinski definition) is 0. The number of thiazole rings is 1. The highest BCUT2D eigenvalue weighted by Crippen LogP contribution is 2.37. The molecule has 3 aromatic carbocycles. The quantitative estimate of drug-likeness (QED) is 0.264. The van der Waals surface area contributed by atoms with E-state index in [4.69, 9.17) is 14.2 Å². The standard InChI is InChI=1S/C29H29N3O7S2/c1-4-37-27(33)17-31-23-14-24-25(39-18-38-24)15-26(23)40-29(31)30-28(34)21-10-12-22(13-11-21)41(35,36)32(19(2)3)16-20-8-6-5-7-9-20/h5-15,19H,4,16-18H2,1-3H3. The number of carbonyl (C=O) groups is 2. The average molecular weight is 596 g/mol. The summed E-state index contributed by atoms with van der Waals surface area (Å²) in [5, 5.41) is 0. The summed E-state index contributed by atoms with van der Waals surface area (Å²) < 4.78 is 46.8. The molecule has 1 aliphatic rings. The normalized spacial score (nSPS) is 13.3. The Morgan fingerprint density at radius 3 is 2.39 bits per heavy atom. The van der Waals surface area contributed by atoms with Gasteiger partial charge in [-0.3, -0.25) is 9.59 Å². The number of aromatic nitrogens is 1. The number of nitrogens with zero attached hydrogens (tertiary/aromatic N) is 3. The Balaban J connectivity index is 1.46. The monoisotopic (exact) mass is 595 g/mol. The number of hydrogen-bond acceptors (Lipinski definition) is 8. The Morgan fingerprint density at radius 1 is 1.05 bits per heavy atom. The van der Waals surface area contributed by atoms with Crippen LogP contribution in [0.15, 0.2) is 76.6 Å². The molecule has 0 atom stereocenters. The number of sulfonamides is 1. The maximum Gasteiger partial charge on any atom is 0.326 e. The minimum atomic E-state index is -3.83. The zero-order chi connectivity index (χ0) is 29.1. The van der Waals surface area contributed by atoms with Crippen LogP contribution in [0.25, 0.3) is 10.2 Å². The van der Waals surface area contributed by atoms with E-state index in [1.54, 1.807) is 23.6 Å². The molecule has 0 saturated carbocycles. The van der Waals surface area contributed by atoms with Crippen LogP contribution in [0.4, 0.5) is 0 Å². The topological polar surface area (TPSA) is 117 Å². The molecule has 41 heavy (non-hydrogen) atoms. The zero-order valence-corrected chi connectivity index (χ0v) is 24.4. The number of amides is 1. The molecule has 12 heteroatoms. The van der Waals surface area contributed by atoms with Gasteiger partial charge in [0.15, 0.2) is 16.3 Å². The van der Waals surface area contributed by atoms with Crippen LogP contribution in [0.1, 0.15) is 36.7 Å². The van der Waals surface area contributed by atoms with Crippen molar-refractivity contribution < 1.29 is 32.2 Å². The average Bonchev–Trinajstić information content (AvgIpc) is 3.54. The zero-order valence-electron chi connectivity index (χ0n) is 22.8. The molecule has 1 aromatic heterocycles. The van der Waals surface area contributed by atoms with Gasteiger partial charge in [0.05, 0.1) is 21.7 Å². The van der Waals surface area contributed by atoms with Gasteiger partial charge in [0, 0.05) is 30.3 Å². The van der Waals surface area contributed by atoms with Gasteiger partial charge in [0.2, 0.25) is 16.8 Å². The highest BCUT2D eigenvalue weighted by molar-refractivity contribution is 7.89. The van der Waals surface area contributed by atoms with Gasteiger partial charge in [-0.2, -0.15) is 9.30 Å². The molecule has 0 N–H and O–H groups in total. The third kappa shape index (κ3) is 6.04. The Labute approximate surface area is 241 Å². The summed E-state index contributed by atoms with van der Waals surface area (Å²) in [7, 11) is -3.83. The molecule has 1 aliphatic heterocycles. The minimum Gasteiger partial charge on any atom is -0.465 e. The molecule has 0 spiro atoms. The largest absolute Gasteiger partial charge is 0.465 e. The summed E-state index contributed by atoms with van der Waals surface area (Å²) in [6.45, 7) is 5.75. The van der Waals surface area contributed by atoms with E-state index in [1.165, 1.54) is 39.9 Å². The lowest BCUT2D eigenvalue weighted by Gasteiger charge is -2.26. The molecule has 2 heterocycles. The van der Waals surface area contributed by atoms with Gasteiger partial charge < -0.3 is 18.8 Å². The maximum absolute atomic E-state index is 13.5. The highest BCUT2D eigenvalue weighted by atomic mass is 32.2. The number of benzene rings is 3. The van der Waals surface area contributed by atoms with Gasteiger partial charge in [-0.1, -0.05) is 41.7 Å². The van der Waals surface area contributed by atoms with E-state index in [9.17, 15) is 18.0 Å². The Kier molecular flexibility index (Phi) is 8.25. The third-order valence-corrected chi connectivity index (χ3v) is 9.51. The second-order valence-corrected chi connectivity index (χ2v) is 12.4. The van der Waals surface area contributed by atoms with Crippen molar-refractivity contribution in [1.29, 1.82) is 0 Å². The van der Waals surface area contributed by atoms with Crippen LogP contribution in [0.5, 0.6) is 11.5 Å². The van der Waals surface area contributed by atoms with Gasteiger partial charge in [0.1, 0.15) is 6.54 Å². The smallest absolute Gasteiger partial charge is 0.326 e. The lowest BCUT2D eigenvalue weighted by Crippen LogP contribution is -2.36. The van der Waals surface area contributed by atoms with E-state index in [2.05, 4.69) is 4.99 Å². The molecule has 0 unspecified atom stereocenters. The summed E-state index contributed by atoms with van der Waals surface area (Å²) in [4.78, 5) is 30.2. The summed E-state index contributed by atoms with van der Waals surface area (Å²) in [6.07, 6.45) is 0. The van der Waals surface area contributed by atoms with E-state index in [0.717, 1.165) is 10.3 Å². The van der Waals surface area contributed by atoms with Crippen molar-refractivity contribution in [3.05, 3.63) is 82.7 Å². The van der Waals surface area contributed by atoms with Crippen LogP contribution in [0.3, 0.4) is 0 Å². The first-order chi connectivity index (χ1) is 19.7. The number of ether oxygens (including phenoxy) is 3. The van der Waals surface area contributed by atoms with Crippen molar-refractivity contribution >= 4 is 43.5 Å². The van der Waals surface area contributed by atoms with Gasteiger partial charge in [-0.25, -0.2) is 8.42 Å².